The number of anilines is 1. The molecule has 1 amide bonds. The molecule has 0 bridgehead atoms. The second kappa shape index (κ2) is 8.41. The van der Waals surface area contributed by atoms with E-state index in [2.05, 4.69) is 5.32 Å². The standard InChI is InChI=1S/C23H15ClN2O5/c24-19-10-9-16(26(29)30)12-20(19)25-21(27)13-31-23(28)22-17-7-3-1-5-14(17)11-15-6-2-4-8-18(15)22/h1-12H,13H2,(H,25,27). The summed E-state index contributed by atoms with van der Waals surface area (Å²) in [5, 5.41) is 16.7. The second-order valence-corrected chi connectivity index (χ2v) is 7.15. The van der Waals surface area contributed by atoms with Gasteiger partial charge in [0.05, 0.1) is 21.2 Å². The Labute approximate surface area is 181 Å². The Morgan fingerprint density at radius 1 is 0.935 bits per heavy atom. The van der Waals surface area contributed by atoms with Crippen molar-refractivity contribution >= 4 is 56.4 Å². The van der Waals surface area contributed by atoms with Gasteiger partial charge in [-0.2, -0.15) is 0 Å². The highest BCUT2D eigenvalue weighted by Crippen LogP contribution is 2.29. The minimum absolute atomic E-state index is 0.0625. The number of hydrogen-bond acceptors (Lipinski definition) is 5. The number of halogens is 1. The van der Waals surface area contributed by atoms with Crippen LogP contribution in [-0.4, -0.2) is 23.4 Å². The van der Waals surface area contributed by atoms with E-state index in [0.29, 0.717) is 16.3 Å². The fourth-order valence-corrected chi connectivity index (χ4v) is 3.51. The molecule has 0 saturated heterocycles. The number of carbonyl (C=O) groups is 2. The van der Waals surface area contributed by atoms with Gasteiger partial charge in [0.2, 0.25) is 0 Å². The summed E-state index contributed by atoms with van der Waals surface area (Å²) in [6.07, 6.45) is 0. The number of fused-ring (bicyclic) bond motifs is 2. The summed E-state index contributed by atoms with van der Waals surface area (Å²) in [6.45, 7) is -0.574. The lowest BCUT2D eigenvalue weighted by Crippen LogP contribution is -2.21. The van der Waals surface area contributed by atoms with Crippen LogP contribution in [0.25, 0.3) is 21.5 Å². The molecule has 0 aromatic heterocycles. The van der Waals surface area contributed by atoms with Gasteiger partial charge in [0.1, 0.15) is 0 Å². The van der Waals surface area contributed by atoms with Crippen LogP contribution >= 0.6 is 11.6 Å². The molecular formula is C23H15ClN2O5. The average molecular weight is 435 g/mol. The molecule has 4 aromatic rings. The van der Waals surface area contributed by atoms with Crippen molar-refractivity contribution in [3.8, 4) is 0 Å². The summed E-state index contributed by atoms with van der Waals surface area (Å²) in [4.78, 5) is 35.5. The van der Waals surface area contributed by atoms with Gasteiger partial charge in [0.15, 0.2) is 6.61 Å². The second-order valence-electron chi connectivity index (χ2n) is 6.74. The van der Waals surface area contributed by atoms with Crippen molar-refractivity contribution in [3.05, 3.63) is 93.5 Å². The van der Waals surface area contributed by atoms with Crippen molar-refractivity contribution in [2.75, 3.05) is 11.9 Å². The van der Waals surface area contributed by atoms with Crippen LogP contribution in [0.5, 0.6) is 0 Å². The lowest BCUT2D eigenvalue weighted by Gasteiger charge is -2.12. The number of nitrogens with zero attached hydrogens (tertiary/aromatic N) is 1. The zero-order valence-corrected chi connectivity index (χ0v) is 16.8. The Bertz CT molecular complexity index is 1300. The highest BCUT2D eigenvalue weighted by atomic mass is 35.5. The van der Waals surface area contributed by atoms with Crippen LogP contribution in [0.4, 0.5) is 11.4 Å². The largest absolute Gasteiger partial charge is 0.452 e. The predicted octanol–water partition coefficient (Wildman–Crippen LogP) is 5.35. The first kappa shape index (κ1) is 20.3. The molecule has 31 heavy (non-hydrogen) atoms. The number of hydrogen-bond donors (Lipinski definition) is 1. The molecule has 0 saturated carbocycles. The van der Waals surface area contributed by atoms with Gasteiger partial charge in [-0.15, -0.1) is 0 Å². The zero-order chi connectivity index (χ0) is 22.0. The molecule has 0 aliphatic heterocycles. The van der Waals surface area contributed by atoms with E-state index in [9.17, 15) is 19.7 Å². The molecular weight excluding hydrogens is 420 g/mol. The lowest BCUT2D eigenvalue weighted by atomic mass is 9.97. The average Bonchev–Trinajstić information content (AvgIpc) is 2.77. The number of benzene rings is 4. The lowest BCUT2D eigenvalue weighted by molar-refractivity contribution is -0.384. The third-order valence-electron chi connectivity index (χ3n) is 4.74. The minimum Gasteiger partial charge on any atom is -0.452 e. The predicted molar refractivity (Wildman–Crippen MR) is 118 cm³/mol. The molecule has 4 aromatic carbocycles. The number of nitrogens with one attached hydrogen (secondary N) is 1. The van der Waals surface area contributed by atoms with E-state index < -0.39 is 23.4 Å². The molecule has 0 heterocycles. The summed E-state index contributed by atoms with van der Waals surface area (Å²) < 4.78 is 5.27. The van der Waals surface area contributed by atoms with E-state index in [4.69, 9.17) is 16.3 Å². The topological polar surface area (TPSA) is 98.5 Å². The number of ether oxygens (including phenoxy) is 1. The molecule has 0 aliphatic rings. The molecule has 0 fully saturated rings. The number of esters is 1. The third-order valence-corrected chi connectivity index (χ3v) is 5.07. The molecule has 8 heteroatoms. The fraction of sp³-hybridized carbons (Fsp3) is 0.0435. The van der Waals surface area contributed by atoms with Gasteiger partial charge >= 0.3 is 5.97 Å². The van der Waals surface area contributed by atoms with Gasteiger partial charge in [0, 0.05) is 12.1 Å². The van der Waals surface area contributed by atoms with E-state index >= 15 is 0 Å². The van der Waals surface area contributed by atoms with E-state index in [0.717, 1.165) is 16.8 Å². The monoisotopic (exact) mass is 434 g/mol. The zero-order valence-electron chi connectivity index (χ0n) is 16.0. The molecule has 0 unspecified atom stereocenters. The summed E-state index contributed by atoms with van der Waals surface area (Å²) in [6, 6.07) is 20.5. The van der Waals surface area contributed by atoms with Crippen LogP contribution in [-0.2, 0) is 9.53 Å². The Balaban J connectivity index is 1.57. The van der Waals surface area contributed by atoms with Crippen LogP contribution < -0.4 is 5.32 Å². The van der Waals surface area contributed by atoms with Crippen LogP contribution in [0.3, 0.4) is 0 Å². The van der Waals surface area contributed by atoms with E-state index in [1.54, 1.807) is 0 Å². The van der Waals surface area contributed by atoms with E-state index in [1.165, 1.54) is 12.1 Å². The maximum Gasteiger partial charge on any atom is 0.339 e. The molecule has 0 spiro atoms. The smallest absolute Gasteiger partial charge is 0.339 e. The van der Waals surface area contributed by atoms with Crippen molar-refractivity contribution in [1.29, 1.82) is 0 Å². The van der Waals surface area contributed by atoms with Gasteiger partial charge in [0.25, 0.3) is 11.6 Å². The van der Waals surface area contributed by atoms with Crippen molar-refractivity contribution in [1.82, 2.24) is 0 Å². The minimum atomic E-state index is -0.666. The molecule has 154 valence electrons. The normalized spacial score (nSPS) is 10.7. The number of carbonyl (C=O) groups excluding carboxylic acids is 2. The maximum atomic E-state index is 12.9. The summed E-state index contributed by atoms with van der Waals surface area (Å²) in [5.41, 5.74) is 0.210. The van der Waals surface area contributed by atoms with Gasteiger partial charge in [-0.25, -0.2) is 4.79 Å². The number of nitro benzene ring substituents is 1. The number of non-ortho nitro benzene ring substituents is 1. The van der Waals surface area contributed by atoms with Gasteiger partial charge in [-0.05, 0) is 33.7 Å². The van der Waals surface area contributed by atoms with Crippen molar-refractivity contribution in [2.24, 2.45) is 0 Å². The van der Waals surface area contributed by atoms with Crippen molar-refractivity contribution in [2.45, 2.75) is 0 Å². The Morgan fingerprint density at radius 3 is 2.16 bits per heavy atom. The Morgan fingerprint density at radius 2 is 1.55 bits per heavy atom. The maximum absolute atomic E-state index is 12.9. The van der Waals surface area contributed by atoms with E-state index in [-0.39, 0.29) is 16.4 Å². The fourth-order valence-electron chi connectivity index (χ4n) is 3.35. The van der Waals surface area contributed by atoms with Crippen LogP contribution in [0.15, 0.2) is 72.8 Å². The van der Waals surface area contributed by atoms with Gasteiger partial charge < -0.3 is 10.1 Å². The first-order valence-electron chi connectivity index (χ1n) is 9.25. The van der Waals surface area contributed by atoms with E-state index in [1.807, 2.05) is 54.6 Å². The van der Waals surface area contributed by atoms with Gasteiger partial charge in [-0.3, -0.25) is 14.9 Å². The molecule has 0 atom stereocenters. The van der Waals surface area contributed by atoms with Crippen LogP contribution in [0.2, 0.25) is 5.02 Å². The molecule has 0 aliphatic carbocycles. The first-order chi connectivity index (χ1) is 14.9. The first-order valence-corrected chi connectivity index (χ1v) is 9.63. The molecule has 4 rings (SSSR count). The highest BCUT2D eigenvalue weighted by molar-refractivity contribution is 6.33. The molecule has 0 radical (unpaired) electrons. The number of rotatable bonds is 5. The molecule has 1 N–H and O–H groups in total. The van der Waals surface area contributed by atoms with Crippen LogP contribution in [0.1, 0.15) is 10.4 Å². The third kappa shape index (κ3) is 4.17. The summed E-state index contributed by atoms with van der Waals surface area (Å²) in [5.74, 6) is -1.31. The highest BCUT2D eigenvalue weighted by Gasteiger charge is 2.18. The Kier molecular flexibility index (Phi) is 5.51. The SMILES string of the molecule is O=C(COC(=O)c1c2ccccc2cc2ccccc12)Nc1cc([N+](=O)[O-])ccc1Cl. The molecule has 7 nitrogen and oxygen atoms in total. The Hall–Kier alpha value is -3.97. The quantitative estimate of drug-likeness (QED) is 0.197. The van der Waals surface area contributed by atoms with Crippen molar-refractivity contribution in [3.63, 3.8) is 0 Å². The number of amides is 1. The summed E-state index contributed by atoms with van der Waals surface area (Å²) in [7, 11) is 0. The van der Waals surface area contributed by atoms with Crippen LogP contribution in [0, 0.1) is 10.1 Å². The van der Waals surface area contributed by atoms with Crippen molar-refractivity contribution < 1.29 is 19.2 Å². The number of nitro groups is 1. The summed E-state index contributed by atoms with van der Waals surface area (Å²) >= 11 is 5.99. The van der Waals surface area contributed by atoms with Gasteiger partial charge in [-0.1, -0.05) is 60.1 Å².